The van der Waals surface area contributed by atoms with E-state index in [1.54, 1.807) is 6.20 Å². The maximum Gasteiger partial charge on any atom is 0.267 e. The zero-order valence-electron chi connectivity index (χ0n) is 22.4. The van der Waals surface area contributed by atoms with Crippen LogP contribution in [-0.2, 0) is 6.54 Å². The topological polar surface area (TPSA) is 112 Å². The highest BCUT2D eigenvalue weighted by Crippen LogP contribution is 2.44. The lowest BCUT2D eigenvalue weighted by molar-refractivity contribution is 0.0995. The molecule has 6 rings (SSSR count). The number of carbonyl (C=O) groups is 1. The SMILES string of the molecule is Cc1c(C(C)C)c(-c2cccc3nn(CC(O)c4ccccc4)cc23)nn1-c1cnc(C(N)=O)cc1C1CC1. The first-order valence-electron chi connectivity index (χ1n) is 13.4. The molecule has 0 aliphatic heterocycles. The molecule has 0 bridgehead atoms. The molecule has 0 saturated heterocycles. The summed E-state index contributed by atoms with van der Waals surface area (Å²) in [7, 11) is 0. The first-order valence-corrected chi connectivity index (χ1v) is 13.4. The number of fused-ring (bicyclic) bond motifs is 1. The second-order valence-corrected chi connectivity index (χ2v) is 10.7. The number of amides is 1. The molecular formula is C31H32N6O2. The molecule has 3 N–H and O–H groups in total. The Morgan fingerprint density at radius 2 is 1.87 bits per heavy atom. The van der Waals surface area contributed by atoms with Gasteiger partial charge in [0.05, 0.1) is 35.7 Å². The van der Waals surface area contributed by atoms with Gasteiger partial charge in [0.15, 0.2) is 0 Å². The van der Waals surface area contributed by atoms with E-state index in [0.29, 0.717) is 12.5 Å². The highest BCUT2D eigenvalue weighted by molar-refractivity contribution is 5.94. The highest BCUT2D eigenvalue weighted by atomic mass is 16.3. The molecule has 0 spiro atoms. The van der Waals surface area contributed by atoms with Gasteiger partial charge in [-0.15, -0.1) is 0 Å². The largest absolute Gasteiger partial charge is 0.386 e. The van der Waals surface area contributed by atoms with E-state index in [-0.39, 0.29) is 11.6 Å². The number of aliphatic hydroxyl groups is 1. The summed E-state index contributed by atoms with van der Waals surface area (Å²) in [5.74, 6) is 0.0832. The molecule has 1 atom stereocenters. The first-order chi connectivity index (χ1) is 18.8. The molecule has 8 heteroatoms. The maximum atomic E-state index is 11.8. The zero-order chi connectivity index (χ0) is 27.3. The van der Waals surface area contributed by atoms with E-state index in [1.807, 2.05) is 64.1 Å². The van der Waals surface area contributed by atoms with Crippen LogP contribution in [0.25, 0.3) is 27.8 Å². The molecular weight excluding hydrogens is 488 g/mol. The summed E-state index contributed by atoms with van der Waals surface area (Å²) in [5, 5.41) is 21.7. The fourth-order valence-corrected chi connectivity index (χ4v) is 5.49. The molecule has 5 aromatic rings. The minimum Gasteiger partial charge on any atom is -0.386 e. The Labute approximate surface area is 227 Å². The third kappa shape index (κ3) is 4.61. The van der Waals surface area contributed by atoms with E-state index in [0.717, 1.165) is 63.1 Å². The molecule has 0 radical (unpaired) electrons. The lowest BCUT2D eigenvalue weighted by Crippen LogP contribution is -2.15. The lowest BCUT2D eigenvalue weighted by atomic mass is 9.95. The van der Waals surface area contributed by atoms with Crippen LogP contribution in [0.1, 0.15) is 77.5 Å². The number of carbonyl (C=O) groups excluding carboxylic acids is 1. The summed E-state index contributed by atoms with van der Waals surface area (Å²) in [6.45, 7) is 6.79. The van der Waals surface area contributed by atoms with Crippen molar-refractivity contribution in [2.45, 2.75) is 58.1 Å². The Morgan fingerprint density at radius 3 is 2.56 bits per heavy atom. The minimum atomic E-state index is -0.659. The van der Waals surface area contributed by atoms with Crippen LogP contribution in [0.15, 0.2) is 67.0 Å². The summed E-state index contributed by atoms with van der Waals surface area (Å²) in [6.07, 6.45) is 5.21. The van der Waals surface area contributed by atoms with E-state index >= 15 is 0 Å². The third-order valence-corrected chi connectivity index (χ3v) is 7.55. The van der Waals surface area contributed by atoms with Crippen molar-refractivity contribution >= 4 is 16.8 Å². The van der Waals surface area contributed by atoms with Gasteiger partial charge in [0.1, 0.15) is 5.69 Å². The summed E-state index contributed by atoms with van der Waals surface area (Å²) < 4.78 is 3.78. The number of aromatic nitrogens is 5. The number of aliphatic hydroxyl groups excluding tert-OH is 1. The van der Waals surface area contributed by atoms with Crippen molar-refractivity contribution in [3.05, 3.63) is 95.1 Å². The van der Waals surface area contributed by atoms with E-state index < -0.39 is 12.0 Å². The predicted octanol–water partition coefficient (Wildman–Crippen LogP) is 5.43. The molecule has 1 unspecified atom stereocenters. The average Bonchev–Trinajstić information content (AvgIpc) is 3.60. The van der Waals surface area contributed by atoms with Gasteiger partial charge in [0.2, 0.25) is 0 Å². The summed E-state index contributed by atoms with van der Waals surface area (Å²) in [4.78, 5) is 16.2. The van der Waals surface area contributed by atoms with E-state index in [1.165, 1.54) is 0 Å². The van der Waals surface area contributed by atoms with Crippen molar-refractivity contribution in [2.24, 2.45) is 5.73 Å². The van der Waals surface area contributed by atoms with Crippen molar-refractivity contribution in [1.82, 2.24) is 24.5 Å². The predicted molar refractivity (Wildman–Crippen MR) is 151 cm³/mol. The van der Waals surface area contributed by atoms with Crippen LogP contribution in [0, 0.1) is 6.92 Å². The van der Waals surface area contributed by atoms with Crippen LogP contribution >= 0.6 is 0 Å². The van der Waals surface area contributed by atoms with Gasteiger partial charge in [-0.05, 0) is 54.9 Å². The van der Waals surface area contributed by atoms with Gasteiger partial charge in [-0.25, -0.2) is 9.67 Å². The Morgan fingerprint density at radius 1 is 1.10 bits per heavy atom. The second-order valence-electron chi connectivity index (χ2n) is 10.7. The highest BCUT2D eigenvalue weighted by Gasteiger charge is 2.30. The standard InChI is InChI=1S/C31H32N6O2/c1-18(2)29-19(3)37(27-15-33-26(31(32)39)14-23(27)20-12-13-20)35-30(29)22-10-7-11-25-24(22)16-36(34-25)17-28(38)21-8-5-4-6-9-21/h4-11,14-16,18,20,28,38H,12-13,17H2,1-3H3,(H2,32,39). The Balaban J connectivity index is 1.45. The summed E-state index contributed by atoms with van der Waals surface area (Å²) in [5.41, 5.74) is 13.6. The number of rotatable bonds is 8. The molecule has 198 valence electrons. The van der Waals surface area contributed by atoms with Crippen molar-refractivity contribution in [3.8, 4) is 16.9 Å². The number of pyridine rings is 1. The zero-order valence-corrected chi connectivity index (χ0v) is 22.4. The number of nitrogens with two attached hydrogens (primary N) is 1. The van der Waals surface area contributed by atoms with Crippen LogP contribution in [0.3, 0.4) is 0 Å². The number of hydrogen-bond donors (Lipinski definition) is 2. The Kier molecular flexibility index (Phi) is 6.27. The number of benzene rings is 2. The van der Waals surface area contributed by atoms with Crippen LogP contribution in [0.5, 0.6) is 0 Å². The van der Waals surface area contributed by atoms with Gasteiger partial charge >= 0.3 is 0 Å². The molecule has 1 aliphatic carbocycles. The quantitative estimate of drug-likeness (QED) is 0.284. The number of nitrogens with zero attached hydrogens (tertiary/aromatic N) is 5. The molecule has 2 aromatic carbocycles. The monoisotopic (exact) mass is 520 g/mol. The van der Waals surface area contributed by atoms with Gasteiger partial charge < -0.3 is 10.8 Å². The number of primary amides is 1. The maximum absolute atomic E-state index is 11.8. The third-order valence-electron chi connectivity index (χ3n) is 7.55. The Bertz CT molecular complexity index is 1680. The second kappa shape index (κ2) is 9.78. The molecule has 1 aliphatic rings. The number of hydrogen-bond acceptors (Lipinski definition) is 5. The summed E-state index contributed by atoms with van der Waals surface area (Å²) in [6, 6.07) is 17.5. The molecule has 1 saturated carbocycles. The van der Waals surface area contributed by atoms with Gasteiger partial charge in [0, 0.05) is 28.4 Å². The molecule has 3 aromatic heterocycles. The van der Waals surface area contributed by atoms with Crippen LogP contribution < -0.4 is 5.73 Å². The summed E-state index contributed by atoms with van der Waals surface area (Å²) >= 11 is 0. The van der Waals surface area contributed by atoms with Gasteiger partial charge in [-0.3, -0.25) is 9.48 Å². The van der Waals surface area contributed by atoms with E-state index in [4.69, 9.17) is 15.9 Å². The normalized spacial score (nSPS) is 14.3. The van der Waals surface area contributed by atoms with E-state index in [9.17, 15) is 9.90 Å². The van der Waals surface area contributed by atoms with Gasteiger partial charge in [-0.1, -0.05) is 56.3 Å². The van der Waals surface area contributed by atoms with Crippen molar-refractivity contribution in [1.29, 1.82) is 0 Å². The fourth-order valence-electron chi connectivity index (χ4n) is 5.49. The van der Waals surface area contributed by atoms with Crippen LogP contribution in [0.4, 0.5) is 0 Å². The Hall–Kier alpha value is -4.30. The molecule has 8 nitrogen and oxygen atoms in total. The van der Waals surface area contributed by atoms with Crippen LogP contribution in [-0.4, -0.2) is 35.6 Å². The molecule has 3 heterocycles. The lowest BCUT2D eigenvalue weighted by Gasteiger charge is -2.12. The smallest absolute Gasteiger partial charge is 0.267 e. The van der Waals surface area contributed by atoms with E-state index in [2.05, 4.69) is 31.8 Å². The first kappa shape index (κ1) is 25.0. The van der Waals surface area contributed by atoms with Crippen molar-refractivity contribution < 1.29 is 9.90 Å². The van der Waals surface area contributed by atoms with Crippen molar-refractivity contribution in [2.75, 3.05) is 0 Å². The van der Waals surface area contributed by atoms with Gasteiger partial charge in [0.25, 0.3) is 5.91 Å². The van der Waals surface area contributed by atoms with Crippen molar-refractivity contribution in [3.63, 3.8) is 0 Å². The molecule has 1 fully saturated rings. The van der Waals surface area contributed by atoms with Crippen LogP contribution in [0.2, 0.25) is 0 Å². The fraction of sp³-hybridized carbons (Fsp3) is 0.290. The van der Waals surface area contributed by atoms with Gasteiger partial charge in [-0.2, -0.15) is 10.2 Å². The molecule has 39 heavy (non-hydrogen) atoms. The molecule has 1 amide bonds. The average molecular weight is 521 g/mol. The minimum absolute atomic E-state index is 0.223.